The molecule has 2 rings (SSSR count). The van der Waals surface area contributed by atoms with Gasteiger partial charge in [0.25, 0.3) is 0 Å². The Morgan fingerprint density at radius 2 is 2.00 bits per heavy atom. The van der Waals surface area contributed by atoms with Crippen LogP contribution in [0.3, 0.4) is 0 Å². The monoisotopic (exact) mass is 304 g/mol. The number of aliphatic hydroxyl groups excluding tert-OH is 1. The van der Waals surface area contributed by atoms with Crippen LogP contribution in [0.2, 0.25) is 0 Å². The van der Waals surface area contributed by atoms with Crippen molar-refractivity contribution < 1.29 is 9.52 Å². The van der Waals surface area contributed by atoms with Crippen molar-refractivity contribution in [2.45, 2.75) is 65.0 Å². The number of aliphatic hydroxyl groups is 1. The van der Waals surface area contributed by atoms with E-state index in [0.717, 1.165) is 18.4 Å². The molecule has 0 saturated heterocycles. The van der Waals surface area contributed by atoms with E-state index in [1.165, 1.54) is 5.56 Å². The summed E-state index contributed by atoms with van der Waals surface area (Å²) in [6.45, 7) is 10.7. The van der Waals surface area contributed by atoms with Crippen LogP contribution < -0.4 is 5.73 Å². The van der Waals surface area contributed by atoms with Gasteiger partial charge >= 0.3 is 0 Å². The van der Waals surface area contributed by atoms with Gasteiger partial charge in [0.15, 0.2) is 5.58 Å². The first-order valence-corrected chi connectivity index (χ1v) is 8.07. The third-order valence-corrected chi connectivity index (χ3v) is 4.30. The van der Waals surface area contributed by atoms with Crippen molar-refractivity contribution >= 4 is 11.1 Å². The highest BCUT2D eigenvalue weighted by atomic mass is 16.4. The molecule has 0 amide bonds. The SMILES string of the molecule is CCC(C)C[C@@H](N)C(O)c1nc2cc(C(C)(C)C)ccc2o1. The second-order valence-corrected chi connectivity index (χ2v) is 7.34. The van der Waals surface area contributed by atoms with Crippen LogP contribution in [0.4, 0.5) is 0 Å². The summed E-state index contributed by atoms with van der Waals surface area (Å²) in [5, 5.41) is 10.4. The molecule has 0 aliphatic carbocycles. The van der Waals surface area contributed by atoms with Crippen LogP contribution in [-0.2, 0) is 5.41 Å². The Morgan fingerprint density at radius 1 is 1.32 bits per heavy atom. The first kappa shape index (κ1) is 17.0. The number of nitrogens with two attached hydrogens (primary N) is 1. The Labute approximate surface area is 132 Å². The van der Waals surface area contributed by atoms with Crippen molar-refractivity contribution in [1.29, 1.82) is 0 Å². The fraction of sp³-hybridized carbons (Fsp3) is 0.611. The van der Waals surface area contributed by atoms with Crippen LogP contribution in [-0.4, -0.2) is 16.1 Å². The summed E-state index contributed by atoms with van der Waals surface area (Å²) in [4.78, 5) is 4.44. The van der Waals surface area contributed by atoms with Gasteiger partial charge in [0.05, 0.1) is 0 Å². The summed E-state index contributed by atoms with van der Waals surface area (Å²) in [5.74, 6) is 0.790. The average molecular weight is 304 g/mol. The first-order chi connectivity index (χ1) is 10.2. The van der Waals surface area contributed by atoms with Gasteiger partial charge in [-0.1, -0.05) is 47.1 Å². The van der Waals surface area contributed by atoms with Crippen molar-refractivity contribution in [3.63, 3.8) is 0 Å². The second kappa shape index (κ2) is 6.39. The third-order valence-electron chi connectivity index (χ3n) is 4.30. The summed E-state index contributed by atoms with van der Waals surface area (Å²) in [6.07, 6.45) is 0.937. The molecule has 1 heterocycles. The minimum Gasteiger partial charge on any atom is -0.438 e. The van der Waals surface area contributed by atoms with Crippen LogP contribution in [0.15, 0.2) is 22.6 Å². The van der Waals surface area contributed by atoms with E-state index < -0.39 is 6.10 Å². The van der Waals surface area contributed by atoms with Gasteiger partial charge in [0.2, 0.25) is 5.89 Å². The zero-order valence-electron chi connectivity index (χ0n) is 14.3. The van der Waals surface area contributed by atoms with E-state index in [-0.39, 0.29) is 11.5 Å². The first-order valence-electron chi connectivity index (χ1n) is 8.07. The standard InChI is InChI=1S/C18H28N2O2/c1-6-11(2)9-13(19)16(21)17-20-14-10-12(18(3,4)5)7-8-15(14)22-17/h7-8,10-11,13,16,21H,6,9,19H2,1-5H3/t11?,13-,16?/m1/s1. The topological polar surface area (TPSA) is 72.3 Å². The number of benzene rings is 1. The van der Waals surface area contributed by atoms with Gasteiger partial charge in [-0.05, 0) is 35.4 Å². The summed E-state index contributed by atoms with van der Waals surface area (Å²) in [7, 11) is 0. The molecular weight excluding hydrogens is 276 g/mol. The van der Waals surface area contributed by atoms with E-state index in [1.807, 2.05) is 18.2 Å². The van der Waals surface area contributed by atoms with E-state index in [4.69, 9.17) is 10.2 Å². The molecule has 0 saturated carbocycles. The molecule has 1 aromatic heterocycles. The predicted molar refractivity (Wildman–Crippen MR) is 89.7 cm³/mol. The normalized spacial score (nSPS) is 16.7. The van der Waals surface area contributed by atoms with Crippen molar-refractivity contribution in [2.75, 3.05) is 0 Å². The summed E-state index contributed by atoms with van der Waals surface area (Å²) in [5.41, 5.74) is 8.81. The van der Waals surface area contributed by atoms with E-state index in [9.17, 15) is 5.11 Å². The molecule has 3 atom stereocenters. The van der Waals surface area contributed by atoms with Crippen molar-refractivity contribution in [1.82, 2.24) is 4.98 Å². The minimum absolute atomic E-state index is 0.0544. The number of aromatic nitrogens is 1. The lowest BCUT2D eigenvalue weighted by molar-refractivity contribution is 0.107. The minimum atomic E-state index is -0.862. The number of oxazole rings is 1. The molecule has 0 spiro atoms. The van der Waals surface area contributed by atoms with Gasteiger partial charge in [-0.25, -0.2) is 4.98 Å². The average Bonchev–Trinajstić information content (AvgIpc) is 2.87. The Balaban J connectivity index is 2.25. The molecule has 0 fully saturated rings. The third kappa shape index (κ3) is 3.68. The Hall–Kier alpha value is -1.39. The molecule has 0 bridgehead atoms. The molecule has 0 radical (unpaired) electrons. The number of nitrogens with zero attached hydrogens (tertiary/aromatic N) is 1. The Morgan fingerprint density at radius 3 is 2.59 bits per heavy atom. The number of rotatable bonds is 5. The summed E-state index contributed by atoms with van der Waals surface area (Å²) >= 11 is 0. The number of hydrogen-bond donors (Lipinski definition) is 2. The van der Waals surface area contributed by atoms with Crippen molar-refractivity contribution in [3.8, 4) is 0 Å². The van der Waals surface area contributed by atoms with E-state index in [1.54, 1.807) is 0 Å². The van der Waals surface area contributed by atoms with Gasteiger partial charge in [0, 0.05) is 6.04 Å². The van der Waals surface area contributed by atoms with Crippen LogP contribution in [0.1, 0.15) is 65.0 Å². The predicted octanol–water partition coefficient (Wildman–Crippen LogP) is 3.92. The lowest BCUT2D eigenvalue weighted by Gasteiger charge is -2.19. The maximum Gasteiger partial charge on any atom is 0.225 e. The Kier molecular flexibility index (Phi) is 4.93. The number of hydrogen-bond acceptors (Lipinski definition) is 4. The molecule has 2 unspecified atom stereocenters. The van der Waals surface area contributed by atoms with E-state index in [2.05, 4.69) is 39.6 Å². The van der Waals surface area contributed by atoms with Gasteiger partial charge in [-0.15, -0.1) is 0 Å². The molecule has 4 heteroatoms. The second-order valence-electron chi connectivity index (χ2n) is 7.34. The quantitative estimate of drug-likeness (QED) is 0.878. The molecule has 22 heavy (non-hydrogen) atoms. The van der Waals surface area contributed by atoms with E-state index >= 15 is 0 Å². The highest BCUT2D eigenvalue weighted by molar-refractivity contribution is 5.73. The Bertz CT molecular complexity index is 628. The maximum atomic E-state index is 10.4. The lowest BCUT2D eigenvalue weighted by atomic mass is 9.87. The fourth-order valence-corrected chi connectivity index (χ4v) is 2.48. The molecule has 122 valence electrons. The summed E-state index contributed by atoms with van der Waals surface area (Å²) < 4.78 is 5.69. The molecular formula is C18H28N2O2. The van der Waals surface area contributed by atoms with Crippen LogP contribution in [0.25, 0.3) is 11.1 Å². The molecule has 3 N–H and O–H groups in total. The van der Waals surface area contributed by atoms with Crippen LogP contribution >= 0.6 is 0 Å². The lowest BCUT2D eigenvalue weighted by Crippen LogP contribution is -2.30. The fourth-order valence-electron chi connectivity index (χ4n) is 2.48. The molecule has 0 aliphatic heterocycles. The summed E-state index contributed by atoms with van der Waals surface area (Å²) in [6, 6.07) is 5.63. The number of fused-ring (bicyclic) bond motifs is 1. The highest BCUT2D eigenvalue weighted by Crippen LogP contribution is 2.29. The zero-order valence-corrected chi connectivity index (χ0v) is 14.3. The van der Waals surface area contributed by atoms with Gasteiger partial charge in [-0.2, -0.15) is 0 Å². The van der Waals surface area contributed by atoms with E-state index in [0.29, 0.717) is 17.4 Å². The molecule has 4 nitrogen and oxygen atoms in total. The molecule has 1 aromatic carbocycles. The molecule has 0 aliphatic rings. The maximum absolute atomic E-state index is 10.4. The largest absolute Gasteiger partial charge is 0.438 e. The van der Waals surface area contributed by atoms with Crippen molar-refractivity contribution in [2.24, 2.45) is 11.7 Å². The van der Waals surface area contributed by atoms with Crippen LogP contribution in [0, 0.1) is 5.92 Å². The smallest absolute Gasteiger partial charge is 0.225 e. The zero-order chi connectivity index (χ0) is 16.5. The van der Waals surface area contributed by atoms with Crippen LogP contribution in [0.5, 0.6) is 0 Å². The molecule has 2 aromatic rings. The van der Waals surface area contributed by atoms with Gasteiger partial charge in [-0.3, -0.25) is 0 Å². The van der Waals surface area contributed by atoms with Gasteiger partial charge in [0.1, 0.15) is 11.6 Å². The highest BCUT2D eigenvalue weighted by Gasteiger charge is 2.24. The van der Waals surface area contributed by atoms with Crippen molar-refractivity contribution in [3.05, 3.63) is 29.7 Å². The van der Waals surface area contributed by atoms with Gasteiger partial charge < -0.3 is 15.3 Å².